The summed E-state index contributed by atoms with van der Waals surface area (Å²) in [4.78, 5) is 17.8. The molecular weight excluding hydrogens is 228 g/mol. The van der Waals surface area contributed by atoms with E-state index in [9.17, 15) is 4.79 Å². The molecule has 0 saturated heterocycles. The molecule has 1 aromatic heterocycles. The molecule has 4 N–H and O–H groups in total. The Labute approximate surface area is 107 Å². The zero-order valence-corrected chi connectivity index (χ0v) is 10.9. The number of hydrogen-bond acceptors (Lipinski definition) is 4. The third kappa shape index (κ3) is 3.24. The van der Waals surface area contributed by atoms with Crippen molar-refractivity contribution in [2.24, 2.45) is 11.8 Å². The lowest BCUT2D eigenvalue weighted by Crippen LogP contribution is -2.19. The zero-order chi connectivity index (χ0) is 13.0. The lowest BCUT2D eigenvalue weighted by atomic mass is 9.81. The summed E-state index contributed by atoms with van der Waals surface area (Å²) in [6.45, 7) is 3.16. The van der Waals surface area contributed by atoms with Crippen LogP contribution in [0.3, 0.4) is 0 Å². The fourth-order valence-electron chi connectivity index (χ4n) is 2.77. The van der Waals surface area contributed by atoms with E-state index in [1.54, 1.807) is 0 Å². The van der Waals surface area contributed by atoms with Gasteiger partial charge in [0.2, 0.25) is 0 Å². The van der Waals surface area contributed by atoms with Crippen LogP contribution in [0, 0.1) is 11.8 Å². The normalized spacial score (nSPS) is 23.8. The summed E-state index contributed by atoms with van der Waals surface area (Å²) < 4.78 is 0. The number of aromatic amines is 1. The van der Waals surface area contributed by atoms with Crippen LogP contribution in [0.2, 0.25) is 0 Å². The molecule has 0 aromatic carbocycles. The maximum Gasteiger partial charge on any atom is 0.276 e. The van der Waals surface area contributed by atoms with Gasteiger partial charge in [0.25, 0.3) is 5.56 Å². The van der Waals surface area contributed by atoms with Gasteiger partial charge in [-0.15, -0.1) is 0 Å². The van der Waals surface area contributed by atoms with Crippen molar-refractivity contribution in [2.75, 3.05) is 17.6 Å². The van der Waals surface area contributed by atoms with Gasteiger partial charge in [0.1, 0.15) is 5.69 Å². The van der Waals surface area contributed by atoms with Gasteiger partial charge in [-0.1, -0.05) is 26.2 Å². The summed E-state index contributed by atoms with van der Waals surface area (Å²) in [5.74, 6) is 2.15. The van der Waals surface area contributed by atoms with Gasteiger partial charge in [0.15, 0.2) is 5.82 Å². The molecule has 2 unspecified atom stereocenters. The Hall–Kier alpha value is -1.52. The third-order valence-electron chi connectivity index (χ3n) is 3.78. The topological polar surface area (TPSA) is 83.8 Å². The molecule has 0 amide bonds. The fourth-order valence-corrected chi connectivity index (χ4v) is 2.77. The Morgan fingerprint density at radius 1 is 1.56 bits per heavy atom. The van der Waals surface area contributed by atoms with Crippen LogP contribution in [-0.4, -0.2) is 16.5 Å². The number of nitrogens with two attached hydrogens (primary N) is 1. The Bertz CT molecular complexity index is 443. The van der Waals surface area contributed by atoms with Crippen molar-refractivity contribution in [3.63, 3.8) is 0 Å². The smallest absolute Gasteiger partial charge is 0.276 e. The summed E-state index contributed by atoms with van der Waals surface area (Å²) in [6.07, 6.45) is 7.86. The highest BCUT2D eigenvalue weighted by Crippen LogP contribution is 2.30. The monoisotopic (exact) mass is 250 g/mol. The number of nitrogens with one attached hydrogen (secondary N) is 2. The van der Waals surface area contributed by atoms with Crippen LogP contribution in [0.15, 0.2) is 11.1 Å². The number of rotatable bonds is 4. The number of nitrogen functional groups attached to an aromatic ring is 1. The minimum Gasteiger partial charge on any atom is -0.391 e. The summed E-state index contributed by atoms with van der Waals surface area (Å²) in [6, 6.07) is 0. The van der Waals surface area contributed by atoms with Gasteiger partial charge in [-0.3, -0.25) is 4.79 Å². The van der Waals surface area contributed by atoms with Crippen molar-refractivity contribution < 1.29 is 0 Å². The van der Waals surface area contributed by atoms with E-state index in [0.29, 0.717) is 5.82 Å². The number of nitrogens with zero attached hydrogens (tertiary/aromatic N) is 1. The zero-order valence-electron chi connectivity index (χ0n) is 10.9. The first-order chi connectivity index (χ1) is 8.66. The average molecular weight is 250 g/mol. The first-order valence-electron chi connectivity index (χ1n) is 6.74. The van der Waals surface area contributed by atoms with E-state index in [4.69, 9.17) is 5.73 Å². The van der Waals surface area contributed by atoms with Crippen molar-refractivity contribution in [2.45, 2.75) is 39.0 Å². The highest BCUT2D eigenvalue weighted by molar-refractivity contribution is 5.58. The standard InChI is InChI=1S/C13H22N4O/c1-9-3-2-4-10(7-9)5-6-15-12-11(14)13(18)17-8-16-12/h8-10H,2-7,14H2,1H3,(H2,15,16,17,18). The highest BCUT2D eigenvalue weighted by atomic mass is 16.1. The molecule has 1 aliphatic rings. The van der Waals surface area contributed by atoms with Crippen LogP contribution in [0.4, 0.5) is 11.5 Å². The minimum atomic E-state index is -0.279. The largest absolute Gasteiger partial charge is 0.391 e. The molecule has 0 bridgehead atoms. The number of aromatic nitrogens is 2. The molecule has 100 valence electrons. The van der Waals surface area contributed by atoms with E-state index in [1.165, 1.54) is 32.0 Å². The van der Waals surface area contributed by atoms with Crippen LogP contribution in [0.25, 0.3) is 0 Å². The van der Waals surface area contributed by atoms with Crippen molar-refractivity contribution in [3.8, 4) is 0 Å². The number of H-pyrrole nitrogens is 1. The van der Waals surface area contributed by atoms with Crippen LogP contribution < -0.4 is 16.6 Å². The van der Waals surface area contributed by atoms with E-state index in [2.05, 4.69) is 22.2 Å². The van der Waals surface area contributed by atoms with Gasteiger partial charge in [-0.05, 0) is 24.7 Å². The van der Waals surface area contributed by atoms with Gasteiger partial charge in [-0.25, -0.2) is 4.98 Å². The third-order valence-corrected chi connectivity index (χ3v) is 3.78. The lowest BCUT2D eigenvalue weighted by molar-refractivity contribution is 0.274. The van der Waals surface area contributed by atoms with E-state index in [1.807, 2.05) is 0 Å². The van der Waals surface area contributed by atoms with Gasteiger partial charge in [0.05, 0.1) is 6.33 Å². The summed E-state index contributed by atoms with van der Waals surface area (Å²) in [7, 11) is 0. The number of anilines is 2. The van der Waals surface area contributed by atoms with Crippen molar-refractivity contribution in [1.82, 2.24) is 9.97 Å². The van der Waals surface area contributed by atoms with Gasteiger partial charge in [0, 0.05) is 6.54 Å². The second-order valence-electron chi connectivity index (χ2n) is 5.35. The van der Waals surface area contributed by atoms with Crippen LogP contribution in [-0.2, 0) is 0 Å². The molecule has 5 nitrogen and oxygen atoms in total. The molecule has 2 rings (SSSR count). The Balaban J connectivity index is 1.81. The summed E-state index contributed by atoms with van der Waals surface area (Å²) >= 11 is 0. The van der Waals surface area contributed by atoms with Gasteiger partial charge < -0.3 is 16.0 Å². The molecule has 0 aliphatic heterocycles. The summed E-state index contributed by atoms with van der Waals surface area (Å²) in [5, 5.41) is 3.16. The van der Waals surface area contributed by atoms with Crippen LogP contribution >= 0.6 is 0 Å². The molecule has 1 saturated carbocycles. The second kappa shape index (κ2) is 5.89. The molecule has 1 aromatic rings. The SMILES string of the molecule is CC1CCCC(CCNc2nc[nH]c(=O)c2N)C1. The first kappa shape index (κ1) is 12.9. The molecule has 2 atom stereocenters. The Kier molecular flexibility index (Phi) is 4.23. The minimum absolute atomic E-state index is 0.175. The maximum absolute atomic E-state index is 11.3. The highest BCUT2D eigenvalue weighted by Gasteiger charge is 2.18. The molecule has 18 heavy (non-hydrogen) atoms. The van der Waals surface area contributed by atoms with Crippen LogP contribution in [0.5, 0.6) is 0 Å². The van der Waals surface area contributed by atoms with E-state index in [-0.39, 0.29) is 11.2 Å². The second-order valence-corrected chi connectivity index (χ2v) is 5.35. The predicted molar refractivity (Wildman–Crippen MR) is 73.5 cm³/mol. The lowest BCUT2D eigenvalue weighted by Gasteiger charge is -2.26. The van der Waals surface area contributed by atoms with Crippen molar-refractivity contribution >= 4 is 11.5 Å². The fraction of sp³-hybridized carbons (Fsp3) is 0.692. The summed E-state index contributed by atoms with van der Waals surface area (Å²) in [5.41, 5.74) is 5.55. The van der Waals surface area contributed by atoms with E-state index in [0.717, 1.165) is 24.8 Å². The Morgan fingerprint density at radius 2 is 2.39 bits per heavy atom. The van der Waals surface area contributed by atoms with E-state index < -0.39 is 0 Å². The van der Waals surface area contributed by atoms with Crippen LogP contribution in [0.1, 0.15) is 39.0 Å². The molecule has 1 aliphatic carbocycles. The molecular formula is C13H22N4O. The molecule has 0 radical (unpaired) electrons. The van der Waals surface area contributed by atoms with Crippen molar-refractivity contribution in [3.05, 3.63) is 16.7 Å². The van der Waals surface area contributed by atoms with E-state index >= 15 is 0 Å². The molecule has 5 heteroatoms. The maximum atomic E-state index is 11.3. The quantitative estimate of drug-likeness (QED) is 0.763. The number of hydrogen-bond donors (Lipinski definition) is 3. The van der Waals surface area contributed by atoms with Gasteiger partial charge in [-0.2, -0.15) is 0 Å². The molecule has 1 heterocycles. The van der Waals surface area contributed by atoms with Gasteiger partial charge >= 0.3 is 0 Å². The van der Waals surface area contributed by atoms with Crippen molar-refractivity contribution in [1.29, 1.82) is 0 Å². The predicted octanol–water partition coefficient (Wildman–Crippen LogP) is 1.98. The average Bonchev–Trinajstić information content (AvgIpc) is 2.35. The molecule has 0 spiro atoms. The first-order valence-corrected chi connectivity index (χ1v) is 6.74. The molecule has 1 fully saturated rings. The Morgan fingerprint density at radius 3 is 3.17 bits per heavy atom.